The maximum Gasteiger partial charge on any atom is 0.260 e. The van der Waals surface area contributed by atoms with Gasteiger partial charge in [0.15, 0.2) is 6.61 Å². The molecule has 0 bridgehead atoms. The van der Waals surface area contributed by atoms with E-state index in [0.717, 1.165) is 45.3 Å². The maximum atomic E-state index is 12.7. The second-order valence-electron chi connectivity index (χ2n) is 9.75. The lowest BCUT2D eigenvalue weighted by atomic mass is 9.97. The molecule has 34 heavy (non-hydrogen) atoms. The van der Waals surface area contributed by atoms with Crippen LogP contribution in [-0.2, 0) is 11.3 Å². The lowest BCUT2D eigenvalue weighted by molar-refractivity contribution is -0.139. The Morgan fingerprint density at radius 2 is 1.56 bits per heavy atom. The first-order chi connectivity index (χ1) is 16.5. The van der Waals surface area contributed by atoms with Gasteiger partial charge in [-0.2, -0.15) is 0 Å². The number of carbonyl (C=O) groups excluding carboxylic acids is 2. The Morgan fingerprint density at radius 3 is 2.21 bits per heavy atom. The van der Waals surface area contributed by atoms with Crippen LogP contribution in [0.1, 0.15) is 61.9 Å². The van der Waals surface area contributed by atoms with Crippen molar-refractivity contribution in [3.63, 3.8) is 0 Å². The number of carbonyl (C=O) groups is 2. The summed E-state index contributed by atoms with van der Waals surface area (Å²) in [5, 5.41) is 3.17. The molecule has 2 aromatic rings. The number of piperidine rings is 2. The van der Waals surface area contributed by atoms with Gasteiger partial charge in [-0.1, -0.05) is 30.3 Å². The van der Waals surface area contributed by atoms with Gasteiger partial charge in [-0.05, 0) is 75.8 Å². The van der Waals surface area contributed by atoms with E-state index in [1.54, 1.807) is 24.3 Å². The van der Waals surface area contributed by atoms with Gasteiger partial charge in [0.25, 0.3) is 11.8 Å². The van der Waals surface area contributed by atoms with Gasteiger partial charge in [-0.15, -0.1) is 0 Å². The van der Waals surface area contributed by atoms with Crippen LogP contribution in [0, 0.1) is 0 Å². The lowest BCUT2D eigenvalue weighted by Gasteiger charge is -2.38. The normalized spacial score (nSPS) is 21.8. The smallest absolute Gasteiger partial charge is 0.260 e. The zero-order chi connectivity index (χ0) is 23.9. The molecule has 0 spiro atoms. The van der Waals surface area contributed by atoms with Crippen molar-refractivity contribution >= 4 is 11.8 Å². The molecule has 2 atom stereocenters. The summed E-state index contributed by atoms with van der Waals surface area (Å²) in [7, 11) is 0. The van der Waals surface area contributed by atoms with Gasteiger partial charge in [-0.3, -0.25) is 14.5 Å². The average molecular weight is 464 g/mol. The monoisotopic (exact) mass is 463 g/mol. The Hall–Kier alpha value is -2.86. The molecule has 2 aromatic carbocycles. The molecule has 0 aliphatic carbocycles. The van der Waals surface area contributed by atoms with Crippen LogP contribution >= 0.6 is 0 Å². The van der Waals surface area contributed by atoms with E-state index in [-0.39, 0.29) is 36.5 Å². The van der Waals surface area contributed by atoms with E-state index in [0.29, 0.717) is 11.3 Å². The van der Waals surface area contributed by atoms with Crippen molar-refractivity contribution in [2.75, 3.05) is 19.7 Å². The van der Waals surface area contributed by atoms with Crippen molar-refractivity contribution in [1.29, 1.82) is 0 Å². The zero-order valence-corrected chi connectivity index (χ0v) is 20.4. The summed E-state index contributed by atoms with van der Waals surface area (Å²) in [5.41, 5.74) is 1.94. The molecule has 182 valence electrons. The number of benzene rings is 2. The Balaban J connectivity index is 1.21. The van der Waals surface area contributed by atoms with Gasteiger partial charge < -0.3 is 15.0 Å². The van der Waals surface area contributed by atoms with Crippen LogP contribution in [-0.4, -0.2) is 59.4 Å². The Kier molecular flexibility index (Phi) is 8.22. The van der Waals surface area contributed by atoms with Gasteiger partial charge in [0.05, 0.1) is 0 Å². The van der Waals surface area contributed by atoms with Gasteiger partial charge >= 0.3 is 0 Å². The Bertz CT molecular complexity index is 929. The third-order valence-electron chi connectivity index (χ3n) is 7.13. The third-order valence-corrected chi connectivity index (χ3v) is 7.13. The van der Waals surface area contributed by atoms with Crippen molar-refractivity contribution < 1.29 is 14.3 Å². The molecule has 2 aliphatic heterocycles. The number of hydrogen-bond acceptors (Lipinski definition) is 4. The van der Waals surface area contributed by atoms with E-state index in [1.165, 1.54) is 12.0 Å². The van der Waals surface area contributed by atoms with Gasteiger partial charge in [0.2, 0.25) is 0 Å². The van der Waals surface area contributed by atoms with E-state index >= 15 is 0 Å². The largest absolute Gasteiger partial charge is 0.484 e. The minimum atomic E-state index is -0.0555. The summed E-state index contributed by atoms with van der Waals surface area (Å²) in [6, 6.07) is 18.3. The molecule has 1 N–H and O–H groups in total. The van der Waals surface area contributed by atoms with Crippen LogP contribution in [0.4, 0.5) is 0 Å². The summed E-state index contributed by atoms with van der Waals surface area (Å²) < 4.78 is 5.73. The quantitative estimate of drug-likeness (QED) is 0.667. The minimum absolute atomic E-state index is 0.0279. The van der Waals surface area contributed by atoms with Crippen molar-refractivity contribution in [2.24, 2.45) is 0 Å². The highest BCUT2D eigenvalue weighted by Crippen LogP contribution is 2.23. The molecule has 0 aromatic heterocycles. The fraction of sp³-hybridized carbons (Fsp3) is 0.500. The molecule has 6 heteroatoms. The summed E-state index contributed by atoms with van der Waals surface area (Å²) in [5.74, 6) is 0.580. The molecule has 4 rings (SSSR count). The summed E-state index contributed by atoms with van der Waals surface area (Å²) >= 11 is 0. The predicted octanol–water partition coefficient (Wildman–Crippen LogP) is 4.25. The number of nitrogens with one attached hydrogen (secondary N) is 1. The minimum Gasteiger partial charge on any atom is -0.484 e. The molecule has 2 aliphatic rings. The zero-order valence-electron chi connectivity index (χ0n) is 20.4. The van der Waals surface area contributed by atoms with Crippen molar-refractivity contribution in [3.05, 3.63) is 65.7 Å². The van der Waals surface area contributed by atoms with E-state index in [4.69, 9.17) is 4.74 Å². The summed E-state index contributed by atoms with van der Waals surface area (Å²) in [4.78, 5) is 29.8. The fourth-order valence-corrected chi connectivity index (χ4v) is 5.18. The van der Waals surface area contributed by atoms with E-state index in [2.05, 4.69) is 48.3 Å². The highest BCUT2D eigenvalue weighted by atomic mass is 16.5. The topological polar surface area (TPSA) is 61.9 Å². The standard InChI is InChI=1S/C28H37N3O3/c1-21-7-6-8-22(2)31(21)27(32)20-34-26-13-11-24(12-14-26)28(33)29-25-15-17-30(18-16-25)19-23-9-4-3-5-10-23/h3-5,9-14,21-22,25H,6-8,15-20H2,1-2H3,(H,29,33)/t21-,22-/m1/s1. The van der Waals surface area contributed by atoms with Crippen molar-refractivity contribution in [2.45, 2.75) is 70.6 Å². The van der Waals surface area contributed by atoms with Crippen LogP contribution in [0.3, 0.4) is 0 Å². The number of hydrogen-bond donors (Lipinski definition) is 1. The molecule has 2 heterocycles. The molecule has 2 amide bonds. The second-order valence-corrected chi connectivity index (χ2v) is 9.75. The molecular formula is C28H37N3O3. The first kappa shape index (κ1) is 24.3. The van der Waals surface area contributed by atoms with Gasteiger partial charge in [0, 0.05) is 43.3 Å². The molecule has 0 unspecified atom stereocenters. The SMILES string of the molecule is C[C@@H]1CCC[C@@H](C)N1C(=O)COc1ccc(C(=O)NC2CCN(Cc3ccccc3)CC2)cc1. The second kappa shape index (κ2) is 11.5. The lowest BCUT2D eigenvalue weighted by Crippen LogP contribution is -2.49. The Labute approximate surface area is 203 Å². The van der Waals surface area contributed by atoms with Crippen molar-refractivity contribution in [3.8, 4) is 5.75 Å². The molecular weight excluding hydrogens is 426 g/mol. The highest BCUT2D eigenvalue weighted by Gasteiger charge is 2.29. The molecule has 2 saturated heterocycles. The number of likely N-dealkylation sites (tertiary alicyclic amines) is 2. The Morgan fingerprint density at radius 1 is 0.912 bits per heavy atom. The molecule has 2 fully saturated rings. The average Bonchev–Trinajstić information content (AvgIpc) is 2.85. The van der Waals surface area contributed by atoms with E-state index < -0.39 is 0 Å². The fourth-order valence-electron chi connectivity index (χ4n) is 5.18. The number of nitrogens with zero attached hydrogens (tertiary/aromatic N) is 2. The number of ether oxygens (including phenoxy) is 1. The first-order valence-electron chi connectivity index (χ1n) is 12.6. The maximum absolute atomic E-state index is 12.7. The molecule has 6 nitrogen and oxygen atoms in total. The number of rotatable bonds is 7. The predicted molar refractivity (Wildman–Crippen MR) is 134 cm³/mol. The molecule has 0 saturated carbocycles. The van der Waals surface area contributed by atoms with Crippen LogP contribution in [0.15, 0.2) is 54.6 Å². The van der Waals surface area contributed by atoms with Crippen LogP contribution < -0.4 is 10.1 Å². The summed E-state index contributed by atoms with van der Waals surface area (Å²) in [6.45, 7) is 7.16. The van der Waals surface area contributed by atoms with Crippen molar-refractivity contribution in [1.82, 2.24) is 15.1 Å². The van der Waals surface area contributed by atoms with Gasteiger partial charge in [-0.25, -0.2) is 0 Å². The first-order valence-corrected chi connectivity index (χ1v) is 12.6. The summed E-state index contributed by atoms with van der Waals surface area (Å²) in [6.07, 6.45) is 5.17. The highest BCUT2D eigenvalue weighted by molar-refractivity contribution is 5.94. The van der Waals surface area contributed by atoms with Crippen LogP contribution in [0.2, 0.25) is 0 Å². The third kappa shape index (κ3) is 6.38. The van der Waals surface area contributed by atoms with E-state index in [9.17, 15) is 9.59 Å². The van der Waals surface area contributed by atoms with Gasteiger partial charge in [0.1, 0.15) is 5.75 Å². The van der Waals surface area contributed by atoms with Crippen LogP contribution in [0.5, 0.6) is 5.75 Å². The van der Waals surface area contributed by atoms with E-state index in [1.807, 2.05) is 11.0 Å². The van der Waals surface area contributed by atoms with Crippen LogP contribution in [0.25, 0.3) is 0 Å². The number of amides is 2. The molecule has 0 radical (unpaired) electrons.